The largest absolute Gasteiger partial charge is 0.380 e. The summed E-state index contributed by atoms with van der Waals surface area (Å²) in [6.07, 6.45) is 2.58. The molecule has 0 aromatic carbocycles. The summed E-state index contributed by atoms with van der Waals surface area (Å²) in [4.78, 5) is 4.02. The van der Waals surface area contributed by atoms with Crippen LogP contribution in [-0.2, 0) is 4.74 Å². The van der Waals surface area contributed by atoms with Gasteiger partial charge in [-0.1, -0.05) is 11.6 Å². The highest BCUT2D eigenvalue weighted by atomic mass is 35.5. The number of pyridine rings is 1. The average molecular weight is 243 g/mol. The standard InChI is InChI=1S/C12H19ClN2O/c1-9(8-12(2,3)16-4)15-10-6-5-7-14-11(10)13/h5-7,9,15H,8H2,1-4H3. The van der Waals surface area contributed by atoms with E-state index in [1.807, 2.05) is 12.1 Å². The van der Waals surface area contributed by atoms with Gasteiger partial charge in [0.2, 0.25) is 0 Å². The van der Waals surface area contributed by atoms with Gasteiger partial charge in [0.05, 0.1) is 11.3 Å². The van der Waals surface area contributed by atoms with E-state index in [1.165, 1.54) is 0 Å². The lowest BCUT2D eigenvalue weighted by atomic mass is 10.00. The van der Waals surface area contributed by atoms with Crippen LogP contribution in [0.5, 0.6) is 0 Å². The Labute approximate surface area is 102 Å². The van der Waals surface area contributed by atoms with Gasteiger partial charge < -0.3 is 10.1 Å². The zero-order chi connectivity index (χ0) is 12.2. The van der Waals surface area contributed by atoms with Crippen molar-refractivity contribution in [2.24, 2.45) is 0 Å². The third-order valence-corrected chi connectivity index (χ3v) is 2.81. The molecule has 1 unspecified atom stereocenters. The van der Waals surface area contributed by atoms with Crippen LogP contribution in [0, 0.1) is 0 Å². The number of hydrogen-bond acceptors (Lipinski definition) is 3. The molecule has 4 heteroatoms. The molecule has 0 radical (unpaired) electrons. The van der Waals surface area contributed by atoms with Gasteiger partial charge in [0, 0.05) is 19.3 Å². The van der Waals surface area contributed by atoms with Crippen LogP contribution in [0.4, 0.5) is 5.69 Å². The lowest BCUT2D eigenvalue weighted by Gasteiger charge is -2.27. The normalized spacial score (nSPS) is 13.6. The Morgan fingerprint density at radius 1 is 1.56 bits per heavy atom. The minimum Gasteiger partial charge on any atom is -0.380 e. The number of aromatic nitrogens is 1. The Morgan fingerprint density at radius 3 is 2.81 bits per heavy atom. The highest BCUT2D eigenvalue weighted by molar-refractivity contribution is 6.31. The van der Waals surface area contributed by atoms with E-state index in [2.05, 4.69) is 31.1 Å². The van der Waals surface area contributed by atoms with Crippen molar-refractivity contribution in [3.63, 3.8) is 0 Å². The van der Waals surface area contributed by atoms with Gasteiger partial charge in [0.15, 0.2) is 5.15 Å². The quantitative estimate of drug-likeness (QED) is 0.804. The van der Waals surface area contributed by atoms with E-state index in [1.54, 1.807) is 13.3 Å². The molecule has 0 amide bonds. The maximum atomic E-state index is 5.97. The first kappa shape index (κ1) is 13.3. The Hall–Kier alpha value is -0.800. The van der Waals surface area contributed by atoms with Crippen LogP contribution >= 0.6 is 11.6 Å². The van der Waals surface area contributed by atoms with Crippen LogP contribution in [0.25, 0.3) is 0 Å². The first-order valence-corrected chi connectivity index (χ1v) is 5.74. The van der Waals surface area contributed by atoms with Crippen molar-refractivity contribution in [2.45, 2.75) is 38.8 Å². The summed E-state index contributed by atoms with van der Waals surface area (Å²) in [5.41, 5.74) is 0.727. The third-order valence-electron chi connectivity index (χ3n) is 2.51. The molecule has 0 spiro atoms. The van der Waals surface area contributed by atoms with Gasteiger partial charge in [0.1, 0.15) is 0 Å². The summed E-state index contributed by atoms with van der Waals surface area (Å²) in [5.74, 6) is 0. The lowest BCUT2D eigenvalue weighted by molar-refractivity contribution is 0.0128. The second kappa shape index (κ2) is 5.51. The molecule has 1 heterocycles. The van der Waals surface area contributed by atoms with E-state index in [0.29, 0.717) is 5.15 Å². The number of halogens is 1. The molecule has 16 heavy (non-hydrogen) atoms. The van der Waals surface area contributed by atoms with E-state index >= 15 is 0 Å². The summed E-state index contributed by atoms with van der Waals surface area (Å²) in [7, 11) is 1.73. The molecule has 1 aromatic heterocycles. The molecule has 0 saturated carbocycles. The molecule has 0 bridgehead atoms. The molecular weight excluding hydrogens is 224 g/mol. The topological polar surface area (TPSA) is 34.1 Å². The van der Waals surface area contributed by atoms with Gasteiger partial charge in [0.25, 0.3) is 0 Å². The fourth-order valence-corrected chi connectivity index (χ4v) is 1.80. The molecule has 90 valence electrons. The number of nitrogens with one attached hydrogen (secondary N) is 1. The first-order chi connectivity index (χ1) is 7.44. The van der Waals surface area contributed by atoms with Gasteiger partial charge in [-0.3, -0.25) is 0 Å². The van der Waals surface area contributed by atoms with Gasteiger partial charge in [-0.05, 0) is 39.3 Å². The molecule has 0 aliphatic heterocycles. The molecule has 1 rings (SSSR count). The van der Waals surface area contributed by atoms with Crippen molar-refractivity contribution < 1.29 is 4.74 Å². The molecule has 0 fully saturated rings. The Bertz CT molecular complexity index is 342. The van der Waals surface area contributed by atoms with Crippen molar-refractivity contribution >= 4 is 17.3 Å². The number of anilines is 1. The van der Waals surface area contributed by atoms with Crippen LogP contribution in [0.3, 0.4) is 0 Å². The number of hydrogen-bond donors (Lipinski definition) is 1. The van der Waals surface area contributed by atoms with Crippen LogP contribution in [0.2, 0.25) is 5.15 Å². The van der Waals surface area contributed by atoms with Gasteiger partial charge in [-0.15, -0.1) is 0 Å². The maximum Gasteiger partial charge on any atom is 0.152 e. The Kier molecular flexibility index (Phi) is 4.56. The summed E-state index contributed by atoms with van der Waals surface area (Å²) in [6, 6.07) is 4.06. The molecule has 1 atom stereocenters. The second-order valence-electron chi connectivity index (χ2n) is 4.56. The summed E-state index contributed by atoms with van der Waals surface area (Å²) in [5, 5.41) is 3.83. The van der Waals surface area contributed by atoms with Crippen LogP contribution in [0.15, 0.2) is 18.3 Å². The van der Waals surface area contributed by atoms with E-state index in [4.69, 9.17) is 16.3 Å². The zero-order valence-electron chi connectivity index (χ0n) is 10.2. The predicted octanol–water partition coefficient (Wildman–Crippen LogP) is 3.35. The van der Waals surface area contributed by atoms with Crippen molar-refractivity contribution in [2.75, 3.05) is 12.4 Å². The highest BCUT2D eigenvalue weighted by Crippen LogP contribution is 2.22. The van der Waals surface area contributed by atoms with Crippen molar-refractivity contribution in [3.8, 4) is 0 Å². The molecule has 1 aromatic rings. The summed E-state index contributed by atoms with van der Waals surface area (Å²) < 4.78 is 5.39. The van der Waals surface area contributed by atoms with Gasteiger partial charge in [-0.2, -0.15) is 0 Å². The summed E-state index contributed by atoms with van der Waals surface area (Å²) >= 11 is 5.97. The molecule has 0 aliphatic carbocycles. The van der Waals surface area contributed by atoms with E-state index < -0.39 is 0 Å². The van der Waals surface area contributed by atoms with Crippen molar-refractivity contribution in [3.05, 3.63) is 23.5 Å². The molecular formula is C12H19ClN2O. The van der Waals surface area contributed by atoms with Crippen LogP contribution in [0.1, 0.15) is 27.2 Å². The fourth-order valence-electron chi connectivity index (χ4n) is 1.63. The highest BCUT2D eigenvalue weighted by Gasteiger charge is 2.20. The SMILES string of the molecule is COC(C)(C)CC(C)Nc1cccnc1Cl. The smallest absolute Gasteiger partial charge is 0.152 e. The van der Waals surface area contributed by atoms with E-state index in [-0.39, 0.29) is 11.6 Å². The van der Waals surface area contributed by atoms with Crippen LogP contribution < -0.4 is 5.32 Å². The van der Waals surface area contributed by atoms with Crippen LogP contribution in [-0.4, -0.2) is 23.7 Å². The minimum atomic E-state index is -0.138. The van der Waals surface area contributed by atoms with Crippen molar-refractivity contribution in [1.29, 1.82) is 0 Å². The molecule has 3 nitrogen and oxygen atoms in total. The maximum absolute atomic E-state index is 5.97. The Morgan fingerprint density at radius 2 is 2.25 bits per heavy atom. The second-order valence-corrected chi connectivity index (χ2v) is 4.91. The number of rotatable bonds is 5. The number of methoxy groups -OCH3 is 1. The fraction of sp³-hybridized carbons (Fsp3) is 0.583. The Balaban J connectivity index is 2.58. The van der Waals surface area contributed by atoms with E-state index in [9.17, 15) is 0 Å². The van der Waals surface area contributed by atoms with Gasteiger partial charge >= 0.3 is 0 Å². The first-order valence-electron chi connectivity index (χ1n) is 5.37. The molecule has 0 saturated heterocycles. The third kappa shape index (κ3) is 3.99. The number of nitrogens with zero attached hydrogens (tertiary/aromatic N) is 1. The number of ether oxygens (including phenoxy) is 1. The van der Waals surface area contributed by atoms with E-state index in [0.717, 1.165) is 12.1 Å². The van der Waals surface area contributed by atoms with Gasteiger partial charge in [-0.25, -0.2) is 4.98 Å². The monoisotopic (exact) mass is 242 g/mol. The lowest BCUT2D eigenvalue weighted by Crippen LogP contribution is -2.31. The average Bonchev–Trinajstić information content (AvgIpc) is 2.21. The summed E-state index contributed by atoms with van der Waals surface area (Å²) in [6.45, 7) is 6.23. The predicted molar refractivity (Wildman–Crippen MR) is 68.0 cm³/mol. The molecule has 0 aliphatic rings. The van der Waals surface area contributed by atoms with Crippen molar-refractivity contribution in [1.82, 2.24) is 4.98 Å². The minimum absolute atomic E-state index is 0.138. The zero-order valence-corrected chi connectivity index (χ0v) is 11.0. The molecule has 1 N–H and O–H groups in total.